The molecule has 0 aromatic heterocycles. The van der Waals surface area contributed by atoms with Crippen LogP contribution >= 0.6 is 0 Å². The molecule has 9 heteroatoms. The molecule has 1 heterocycles. The maximum atomic E-state index is 12.5. The van der Waals surface area contributed by atoms with Gasteiger partial charge in [0, 0.05) is 18.8 Å². The van der Waals surface area contributed by atoms with E-state index in [1.165, 1.54) is 29.6 Å². The maximum absolute atomic E-state index is 12.5. The van der Waals surface area contributed by atoms with Crippen LogP contribution in [0.15, 0.2) is 53.4 Å². The van der Waals surface area contributed by atoms with Gasteiger partial charge >= 0.3 is 5.97 Å². The largest absolute Gasteiger partial charge is 0.484 e. The molecule has 8 nitrogen and oxygen atoms in total. The highest BCUT2D eigenvalue weighted by Crippen LogP contribution is 2.22. The lowest BCUT2D eigenvalue weighted by Crippen LogP contribution is -2.27. The van der Waals surface area contributed by atoms with Crippen molar-refractivity contribution in [1.29, 1.82) is 0 Å². The van der Waals surface area contributed by atoms with E-state index in [2.05, 4.69) is 10.1 Å². The number of sulfonamides is 1. The summed E-state index contributed by atoms with van der Waals surface area (Å²) in [6.07, 6.45) is 1.74. The summed E-state index contributed by atoms with van der Waals surface area (Å²) in [4.78, 5) is 23.8. The first-order valence-electron chi connectivity index (χ1n) is 9.11. The minimum atomic E-state index is -3.49. The number of carbonyl (C=O) groups excluding carboxylic acids is 2. The van der Waals surface area contributed by atoms with Gasteiger partial charge in [-0.25, -0.2) is 13.2 Å². The third-order valence-corrected chi connectivity index (χ3v) is 6.38. The normalized spacial score (nSPS) is 14.4. The molecule has 0 saturated carbocycles. The number of nitrogens with zero attached hydrogens (tertiary/aromatic N) is 1. The minimum Gasteiger partial charge on any atom is -0.484 e. The van der Waals surface area contributed by atoms with Crippen LogP contribution in [0.4, 0.5) is 5.69 Å². The molecular formula is C20H22N2O6S. The molecule has 1 aliphatic rings. The molecule has 154 valence electrons. The van der Waals surface area contributed by atoms with E-state index >= 15 is 0 Å². The quantitative estimate of drug-likeness (QED) is 0.692. The standard InChI is InChI=1S/C20H22N2O6S/c1-27-20(24)15-5-4-6-17(13-15)28-14-19(23)21-16-7-9-18(10-8-16)29(25,26)22-11-2-3-12-22/h4-10,13H,2-3,11-12,14H2,1H3,(H,21,23). The predicted octanol–water partition coefficient (Wildman–Crippen LogP) is 2.28. The molecule has 1 N–H and O–H groups in total. The minimum absolute atomic E-state index is 0.202. The lowest BCUT2D eigenvalue weighted by Gasteiger charge is -2.15. The Balaban J connectivity index is 1.56. The van der Waals surface area contributed by atoms with Crippen molar-refractivity contribution in [3.63, 3.8) is 0 Å². The van der Waals surface area contributed by atoms with Gasteiger partial charge in [0.2, 0.25) is 10.0 Å². The number of hydrogen-bond donors (Lipinski definition) is 1. The van der Waals surface area contributed by atoms with Crippen LogP contribution in [-0.2, 0) is 19.6 Å². The molecule has 0 radical (unpaired) electrons. The topological polar surface area (TPSA) is 102 Å². The van der Waals surface area contributed by atoms with E-state index in [1.807, 2.05) is 0 Å². The van der Waals surface area contributed by atoms with Gasteiger partial charge in [0.15, 0.2) is 6.61 Å². The number of amides is 1. The van der Waals surface area contributed by atoms with Gasteiger partial charge in [0.05, 0.1) is 17.6 Å². The van der Waals surface area contributed by atoms with E-state index in [-0.39, 0.29) is 11.5 Å². The fourth-order valence-corrected chi connectivity index (χ4v) is 4.48. The Kier molecular flexibility index (Phi) is 6.50. The molecule has 29 heavy (non-hydrogen) atoms. The summed E-state index contributed by atoms with van der Waals surface area (Å²) in [6, 6.07) is 12.3. The zero-order chi connectivity index (χ0) is 20.9. The molecule has 1 aliphatic heterocycles. The zero-order valence-corrected chi connectivity index (χ0v) is 16.8. The van der Waals surface area contributed by atoms with Gasteiger partial charge in [-0.1, -0.05) is 6.07 Å². The second-order valence-electron chi connectivity index (χ2n) is 6.49. The first-order chi connectivity index (χ1) is 13.9. The van der Waals surface area contributed by atoms with E-state index in [1.54, 1.807) is 30.3 Å². The Morgan fingerprint density at radius 3 is 2.41 bits per heavy atom. The SMILES string of the molecule is COC(=O)c1cccc(OCC(=O)Nc2ccc(S(=O)(=O)N3CCCC3)cc2)c1. The molecule has 0 unspecified atom stereocenters. The average Bonchev–Trinajstić information content (AvgIpc) is 3.28. The Morgan fingerprint density at radius 2 is 1.76 bits per heavy atom. The highest BCUT2D eigenvalue weighted by molar-refractivity contribution is 7.89. The van der Waals surface area contributed by atoms with Crippen molar-refractivity contribution in [2.45, 2.75) is 17.7 Å². The Labute approximate surface area is 169 Å². The molecule has 0 spiro atoms. The fraction of sp³-hybridized carbons (Fsp3) is 0.300. The van der Waals surface area contributed by atoms with E-state index < -0.39 is 21.9 Å². The lowest BCUT2D eigenvalue weighted by atomic mass is 10.2. The molecule has 0 bridgehead atoms. The van der Waals surface area contributed by atoms with Gasteiger partial charge < -0.3 is 14.8 Å². The summed E-state index contributed by atoms with van der Waals surface area (Å²) in [5.41, 5.74) is 0.780. The van der Waals surface area contributed by atoms with Crippen molar-refractivity contribution in [3.8, 4) is 5.75 Å². The molecular weight excluding hydrogens is 396 g/mol. The Bertz CT molecular complexity index is 982. The molecule has 1 fully saturated rings. The van der Waals surface area contributed by atoms with Crippen LogP contribution in [0.1, 0.15) is 23.2 Å². The second kappa shape index (κ2) is 9.06. The van der Waals surface area contributed by atoms with Crippen molar-refractivity contribution >= 4 is 27.6 Å². The molecule has 1 amide bonds. The van der Waals surface area contributed by atoms with E-state index in [0.29, 0.717) is 30.1 Å². The van der Waals surface area contributed by atoms with Gasteiger partial charge in [0.1, 0.15) is 5.75 Å². The molecule has 1 saturated heterocycles. The molecule has 2 aromatic rings. The van der Waals surface area contributed by atoms with Crippen molar-refractivity contribution in [1.82, 2.24) is 4.31 Å². The highest BCUT2D eigenvalue weighted by atomic mass is 32.2. The number of rotatable bonds is 7. The highest BCUT2D eigenvalue weighted by Gasteiger charge is 2.26. The van der Waals surface area contributed by atoms with Crippen molar-refractivity contribution in [3.05, 3.63) is 54.1 Å². The summed E-state index contributed by atoms with van der Waals surface area (Å²) in [5, 5.41) is 2.64. The monoisotopic (exact) mass is 418 g/mol. The summed E-state index contributed by atoms with van der Waals surface area (Å²) in [7, 11) is -2.20. The summed E-state index contributed by atoms with van der Waals surface area (Å²) in [6.45, 7) is 0.809. The van der Waals surface area contributed by atoms with E-state index in [4.69, 9.17) is 4.74 Å². The second-order valence-corrected chi connectivity index (χ2v) is 8.43. The van der Waals surface area contributed by atoms with Crippen LogP contribution in [0.2, 0.25) is 0 Å². The van der Waals surface area contributed by atoms with E-state index in [0.717, 1.165) is 12.8 Å². The lowest BCUT2D eigenvalue weighted by molar-refractivity contribution is -0.118. The first kappa shape index (κ1) is 20.8. The maximum Gasteiger partial charge on any atom is 0.337 e. The van der Waals surface area contributed by atoms with Gasteiger partial charge in [-0.15, -0.1) is 0 Å². The van der Waals surface area contributed by atoms with Crippen molar-refractivity contribution in [2.24, 2.45) is 0 Å². The third-order valence-electron chi connectivity index (χ3n) is 4.47. The van der Waals surface area contributed by atoms with Crippen LogP contribution in [0.25, 0.3) is 0 Å². The summed E-state index contributed by atoms with van der Waals surface area (Å²) in [5.74, 6) is -0.553. The van der Waals surface area contributed by atoms with Crippen molar-refractivity contribution < 1.29 is 27.5 Å². The van der Waals surface area contributed by atoms with Gasteiger partial charge in [-0.2, -0.15) is 4.31 Å². The first-order valence-corrected chi connectivity index (χ1v) is 10.6. The molecule has 0 atom stereocenters. The number of nitrogens with one attached hydrogen (secondary N) is 1. The van der Waals surface area contributed by atoms with Crippen LogP contribution in [0.3, 0.4) is 0 Å². The van der Waals surface area contributed by atoms with Crippen LogP contribution in [0.5, 0.6) is 5.75 Å². The number of hydrogen-bond acceptors (Lipinski definition) is 6. The number of benzene rings is 2. The fourth-order valence-electron chi connectivity index (χ4n) is 2.96. The van der Waals surface area contributed by atoms with Gasteiger partial charge in [0.25, 0.3) is 5.91 Å². The number of ether oxygens (including phenoxy) is 2. The summed E-state index contributed by atoms with van der Waals surface area (Å²) >= 11 is 0. The van der Waals surface area contributed by atoms with E-state index in [9.17, 15) is 18.0 Å². The summed E-state index contributed by atoms with van der Waals surface area (Å²) < 4.78 is 36.5. The van der Waals surface area contributed by atoms with Gasteiger partial charge in [-0.05, 0) is 55.3 Å². The third kappa shape index (κ3) is 5.12. The average molecular weight is 418 g/mol. The molecule has 2 aromatic carbocycles. The van der Waals surface area contributed by atoms with Crippen molar-refractivity contribution in [2.75, 3.05) is 32.1 Å². The Hall–Kier alpha value is -2.91. The number of esters is 1. The Morgan fingerprint density at radius 1 is 1.07 bits per heavy atom. The predicted molar refractivity (Wildman–Crippen MR) is 106 cm³/mol. The zero-order valence-electron chi connectivity index (χ0n) is 16.0. The number of carbonyl (C=O) groups is 2. The molecule has 0 aliphatic carbocycles. The number of anilines is 1. The molecule has 3 rings (SSSR count). The van der Waals surface area contributed by atoms with Crippen LogP contribution < -0.4 is 10.1 Å². The van der Waals surface area contributed by atoms with Crippen LogP contribution in [-0.4, -0.2) is 51.4 Å². The van der Waals surface area contributed by atoms with Gasteiger partial charge in [-0.3, -0.25) is 4.79 Å². The number of methoxy groups -OCH3 is 1. The van der Waals surface area contributed by atoms with Crippen LogP contribution in [0, 0.1) is 0 Å². The smallest absolute Gasteiger partial charge is 0.337 e.